The zero-order valence-corrected chi connectivity index (χ0v) is 9.20. The number of Topliss-reactive ketones (excluding diaryl/α,β-unsaturated/α-hetero) is 1. The van der Waals surface area contributed by atoms with E-state index in [0.717, 1.165) is 25.7 Å². The highest BCUT2D eigenvalue weighted by atomic mass is 16.5. The van der Waals surface area contributed by atoms with Crippen LogP contribution in [-0.2, 0) is 9.53 Å². The summed E-state index contributed by atoms with van der Waals surface area (Å²) in [7, 11) is 0. The number of hydrogen-bond acceptors (Lipinski definition) is 3. The lowest BCUT2D eigenvalue weighted by atomic mass is 9.77. The Morgan fingerprint density at radius 3 is 2.60 bits per heavy atom. The van der Waals surface area contributed by atoms with E-state index in [2.05, 4.69) is 0 Å². The molecular formula is C11H19NO3. The van der Waals surface area contributed by atoms with Crippen molar-refractivity contribution in [1.29, 1.82) is 0 Å². The summed E-state index contributed by atoms with van der Waals surface area (Å²) in [5, 5.41) is 0. The van der Waals surface area contributed by atoms with Gasteiger partial charge in [-0.3, -0.25) is 4.79 Å². The Kier molecular flexibility index (Phi) is 4.59. The zero-order chi connectivity index (χ0) is 11.3. The third-order valence-corrected chi connectivity index (χ3v) is 3.11. The van der Waals surface area contributed by atoms with E-state index in [1.165, 1.54) is 0 Å². The highest BCUT2D eigenvalue weighted by molar-refractivity contribution is 5.81. The Labute approximate surface area is 90.2 Å². The van der Waals surface area contributed by atoms with Crippen molar-refractivity contribution in [3.05, 3.63) is 0 Å². The van der Waals surface area contributed by atoms with Gasteiger partial charge in [-0.2, -0.15) is 0 Å². The highest BCUT2D eigenvalue weighted by Gasteiger charge is 2.30. The molecule has 2 atom stereocenters. The summed E-state index contributed by atoms with van der Waals surface area (Å²) >= 11 is 0. The van der Waals surface area contributed by atoms with Gasteiger partial charge in [-0.15, -0.1) is 0 Å². The summed E-state index contributed by atoms with van der Waals surface area (Å²) in [6.45, 7) is 2.18. The van der Waals surface area contributed by atoms with Crippen LogP contribution in [-0.4, -0.2) is 18.5 Å². The zero-order valence-electron chi connectivity index (χ0n) is 9.20. The predicted molar refractivity (Wildman–Crippen MR) is 56.3 cm³/mol. The van der Waals surface area contributed by atoms with Crippen molar-refractivity contribution in [2.45, 2.75) is 39.0 Å². The van der Waals surface area contributed by atoms with E-state index in [4.69, 9.17) is 10.5 Å². The largest absolute Gasteiger partial charge is 0.449 e. The first-order valence-corrected chi connectivity index (χ1v) is 5.60. The van der Waals surface area contributed by atoms with Gasteiger partial charge in [0.05, 0.1) is 6.61 Å². The minimum Gasteiger partial charge on any atom is -0.449 e. The van der Waals surface area contributed by atoms with Crippen molar-refractivity contribution in [3.63, 3.8) is 0 Å². The third-order valence-electron chi connectivity index (χ3n) is 3.11. The summed E-state index contributed by atoms with van der Waals surface area (Å²) in [5.74, 6) is 0.537. The number of carbonyl (C=O) groups is 2. The van der Waals surface area contributed by atoms with Gasteiger partial charge in [-0.1, -0.05) is 19.8 Å². The molecule has 0 heterocycles. The molecule has 0 radical (unpaired) electrons. The number of primary amides is 1. The van der Waals surface area contributed by atoms with Crippen molar-refractivity contribution in [1.82, 2.24) is 0 Å². The fourth-order valence-corrected chi connectivity index (χ4v) is 2.28. The predicted octanol–water partition coefficient (Wildman–Crippen LogP) is 1.87. The van der Waals surface area contributed by atoms with Gasteiger partial charge in [0.1, 0.15) is 5.78 Å². The van der Waals surface area contributed by atoms with Crippen LogP contribution >= 0.6 is 0 Å². The van der Waals surface area contributed by atoms with Crippen LogP contribution in [0.3, 0.4) is 0 Å². The Hall–Kier alpha value is -1.06. The molecule has 0 spiro atoms. The molecule has 86 valence electrons. The van der Waals surface area contributed by atoms with Crippen LogP contribution in [0.15, 0.2) is 0 Å². The molecule has 0 aromatic carbocycles. The highest BCUT2D eigenvalue weighted by Crippen LogP contribution is 2.31. The standard InChI is InChI=1S/C11H19NO3/c1-2-10(13)9-6-4-3-5-8(9)7-15-11(12)14/h8-9H,2-7H2,1H3,(H2,12,14). The van der Waals surface area contributed by atoms with Crippen LogP contribution in [0.2, 0.25) is 0 Å². The molecule has 4 nitrogen and oxygen atoms in total. The van der Waals surface area contributed by atoms with E-state index >= 15 is 0 Å². The van der Waals surface area contributed by atoms with Crippen molar-refractivity contribution in [3.8, 4) is 0 Å². The number of ether oxygens (including phenoxy) is 1. The fourth-order valence-electron chi connectivity index (χ4n) is 2.28. The lowest BCUT2D eigenvalue weighted by Gasteiger charge is -2.29. The number of rotatable bonds is 4. The molecule has 0 aliphatic heterocycles. The second kappa shape index (κ2) is 5.73. The first-order chi connectivity index (χ1) is 7.15. The number of hydrogen-bond donors (Lipinski definition) is 1. The van der Waals surface area contributed by atoms with E-state index < -0.39 is 6.09 Å². The van der Waals surface area contributed by atoms with Crippen LogP contribution in [0.5, 0.6) is 0 Å². The SMILES string of the molecule is CCC(=O)C1CCCCC1COC(N)=O. The van der Waals surface area contributed by atoms with E-state index in [-0.39, 0.29) is 17.6 Å². The Balaban J connectivity index is 2.49. The molecule has 0 saturated heterocycles. The maximum Gasteiger partial charge on any atom is 0.404 e. The maximum absolute atomic E-state index is 11.7. The average molecular weight is 213 g/mol. The Bertz CT molecular complexity index is 240. The van der Waals surface area contributed by atoms with Gasteiger partial charge in [0, 0.05) is 18.3 Å². The number of carbonyl (C=O) groups excluding carboxylic acids is 2. The normalized spacial score (nSPS) is 25.9. The van der Waals surface area contributed by atoms with Crippen LogP contribution in [0.4, 0.5) is 4.79 Å². The molecule has 1 saturated carbocycles. The van der Waals surface area contributed by atoms with Crippen LogP contribution in [0, 0.1) is 11.8 Å². The van der Waals surface area contributed by atoms with Gasteiger partial charge in [-0.05, 0) is 12.8 Å². The summed E-state index contributed by atoms with van der Waals surface area (Å²) in [6, 6.07) is 0. The monoisotopic (exact) mass is 213 g/mol. The van der Waals surface area contributed by atoms with Crippen molar-refractivity contribution in [2.24, 2.45) is 17.6 Å². The van der Waals surface area contributed by atoms with Gasteiger partial charge >= 0.3 is 6.09 Å². The molecule has 2 unspecified atom stereocenters. The average Bonchev–Trinajstić information content (AvgIpc) is 2.25. The molecule has 4 heteroatoms. The summed E-state index contributed by atoms with van der Waals surface area (Å²) in [4.78, 5) is 22.2. The lowest BCUT2D eigenvalue weighted by Crippen LogP contribution is -2.31. The van der Waals surface area contributed by atoms with Crippen LogP contribution < -0.4 is 5.73 Å². The second-order valence-electron chi connectivity index (χ2n) is 4.10. The minimum atomic E-state index is -0.747. The molecule has 2 N–H and O–H groups in total. The van der Waals surface area contributed by atoms with Crippen molar-refractivity contribution in [2.75, 3.05) is 6.61 Å². The second-order valence-corrected chi connectivity index (χ2v) is 4.10. The van der Waals surface area contributed by atoms with Gasteiger partial charge in [0.25, 0.3) is 0 Å². The fraction of sp³-hybridized carbons (Fsp3) is 0.818. The van der Waals surface area contributed by atoms with Gasteiger partial charge in [-0.25, -0.2) is 4.79 Å². The maximum atomic E-state index is 11.7. The Morgan fingerprint density at radius 1 is 1.33 bits per heavy atom. The van der Waals surface area contributed by atoms with Gasteiger partial charge < -0.3 is 10.5 Å². The first kappa shape index (κ1) is 12.0. The molecule has 0 bridgehead atoms. The van der Waals surface area contributed by atoms with E-state index in [9.17, 15) is 9.59 Å². The molecule has 15 heavy (non-hydrogen) atoms. The lowest BCUT2D eigenvalue weighted by molar-refractivity contribution is -0.126. The molecule has 1 aliphatic carbocycles. The topological polar surface area (TPSA) is 69.4 Å². The molecule has 1 amide bonds. The van der Waals surface area contributed by atoms with Crippen LogP contribution in [0.1, 0.15) is 39.0 Å². The number of nitrogens with two attached hydrogens (primary N) is 1. The molecule has 1 fully saturated rings. The smallest absolute Gasteiger partial charge is 0.404 e. The van der Waals surface area contributed by atoms with E-state index in [1.807, 2.05) is 6.92 Å². The van der Waals surface area contributed by atoms with Gasteiger partial charge in [0.15, 0.2) is 0 Å². The molecule has 0 aromatic rings. The Morgan fingerprint density at radius 2 is 2.00 bits per heavy atom. The first-order valence-electron chi connectivity index (χ1n) is 5.60. The van der Waals surface area contributed by atoms with E-state index in [1.54, 1.807) is 0 Å². The molecule has 1 rings (SSSR count). The van der Waals surface area contributed by atoms with Crippen molar-refractivity contribution >= 4 is 11.9 Å². The number of ketones is 1. The molecule has 1 aliphatic rings. The minimum absolute atomic E-state index is 0.0723. The van der Waals surface area contributed by atoms with Gasteiger partial charge in [0.2, 0.25) is 0 Å². The molecular weight excluding hydrogens is 194 g/mol. The summed E-state index contributed by atoms with van der Waals surface area (Å²) in [6.07, 6.45) is 3.92. The summed E-state index contributed by atoms with van der Waals surface area (Å²) < 4.78 is 4.79. The van der Waals surface area contributed by atoms with Crippen LogP contribution in [0.25, 0.3) is 0 Å². The number of amides is 1. The quantitative estimate of drug-likeness (QED) is 0.775. The molecule has 0 aromatic heterocycles. The van der Waals surface area contributed by atoms with Crippen molar-refractivity contribution < 1.29 is 14.3 Å². The summed E-state index contributed by atoms with van der Waals surface area (Å²) in [5.41, 5.74) is 4.92. The third kappa shape index (κ3) is 3.53. The van der Waals surface area contributed by atoms with E-state index in [0.29, 0.717) is 13.0 Å².